The van der Waals surface area contributed by atoms with Crippen molar-refractivity contribution in [2.75, 3.05) is 6.61 Å². The predicted molar refractivity (Wildman–Crippen MR) is 127 cm³/mol. The molecule has 156 valence electrons. The topological polar surface area (TPSA) is 73.1 Å². The van der Waals surface area contributed by atoms with Gasteiger partial charge in [0.2, 0.25) is 0 Å². The zero-order valence-corrected chi connectivity index (χ0v) is 20.2. The highest BCUT2D eigenvalue weighted by Gasteiger charge is 2.13. The van der Waals surface area contributed by atoms with Crippen molar-refractivity contribution in [1.29, 1.82) is 0 Å². The van der Waals surface area contributed by atoms with E-state index >= 15 is 0 Å². The normalized spacial score (nSPS) is 10.9. The van der Waals surface area contributed by atoms with Gasteiger partial charge in [-0.05, 0) is 84.0 Å². The number of halogens is 2. The standard InChI is InChI=1S/C22H20BrIN2O4/c1-3-28-20-11-16(12-25-26-22(27)19-9-4-14(2)30-19)10-18(24)21(20)29-13-15-5-7-17(23)8-6-15/h4-12H,3,13H2,1-2H3,(H,26,27)/b25-12+. The Balaban J connectivity index is 1.71. The Hall–Kier alpha value is -2.33. The summed E-state index contributed by atoms with van der Waals surface area (Å²) < 4.78 is 19.0. The van der Waals surface area contributed by atoms with Crippen LogP contribution < -0.4 is 14.9 Å². The molecule has 3 rings (SSSR count). The zero-order valence-electron chi connectivity index (χ0n) is 16.4. The summed E-state index contributed by atoms with van der Waals surface area (Å²) in [5.74, 6) is 1.77. The number of ether oxygens (including phenoxy) is 2. The number of furan rings is 1. The molecule has 1 amide bonds. The molecule has 1 heterocycles. The van der Waals surface area contributed by atoms with Gasteiger partial charge in [0, 0.05) is 4.47 Å². The van der Waals surface area contributed by atoms with Crippen LogP contribution in [0.3, 0.4) is 0 Å². The van der Waals surface area contributed by atoms with Gasteiger partial charge >= 0.3 is 5.91 Å². The van der Waals surface area contributed by atoms with Crippen molar-refractivity contribution in [3.8, 4) is 11.5 Å². The molecule has 2 aromatic carbocycles. The molecule has 0 bridgehead atoms. The SMILES string of the molecule is CCOc1cc(/C=N/NC(=O)c2ccc(C)o2)cc(I)c1OCc1ccc(Br)cc1. The Bertz CT molecular complexity index is 1050. The lowest BCUT2D eigenvalue weighted by molar-refractivity contribution is 0.0926. The van der Waals surface area contributed by atoms with Crippen LogP contribution in [0.25, 0.3) is 0 Å². The van der Waals surface area contributed by atoms with Gasteiger partial charge in [-0.1, -0.05) is 28.1 Å². The third-order valence-corrected chi connectivity index (χ3v) is 5.30. The fraction of sp³-hybridized carbons (Fsp3) is 0.182. The molecule has 0 unspecified atom stereocenters. The Kier molecular flexibility index (Phi) is 7.92. The number of aryl methyl sites for hydroxylation is 1. The highest BCUT2D eigenvalue weighted by Crippen LogP contribution is 2.34. The van der Waals surface area contributed by atoms with Crippen LogP contribution in [0.4, 0.5) is 0 Å². The van der Waals surface area contributed by atoms with Crippen LogP contribution in [0.5, 0.6) is 11.5 Å². The fourth-order valence-corrected chi connectivity index (χ4v) is 3.62. The lowest BCUT2D eigenvalue weighted by atomic mass is 10.2. The van der Waals surface area contributed by atoms with Crippen LogP contribution in [0, 0.1) is 10.5 Å². The van der Waals surface area contributed by atoms with E-state index in [2.05, 4.69) is 49.0 Å². The highest BCUT2D eigenvalue weighted by molar-refractivity contribution is 14.1. The molecule has 0 radical (unpaired) electrons. The second-order valence-corrected chi connectivity index (χ2v) is 8.37. The minimum Gasteiger partial charge on any atom is -0.490 e. The first kappa shape index (κ1) is 22.4. The first-order chi connectivity index (χ1) is 14.5. The average Bonchev–Trinajstić information content (AvgIpc) is 3.15. The van der Waals surface area contributed by atoms with E-state index < -0.39 is 5.91 Å². The van der Waals surface area contributed by atoms with Gasteiger partial charge in [-0.2, -0.15) is 5.10 Å². The third-order valence-electron chi connectivity index (χ3n) is 3.97. The number of hydrogen-bond donors (Lipinski definition) is 1. The Morgan fingerprint density at radius 3 is 2.63 bits per heavy atom. The number of hydrogen-bond acceptors (Lipinski definition) is 5. The molecule has 1 N–H and O–H groups in total. The number of nitrogens with one attached hydrogen (secondary N) is 1. The average molecular weight is 583 g/mol. The van der Waals surface area contributed by atoms with Crippen LogP contribution >= 0.6 is 38.5 Å². The quantitative estimate of drug-likeness (QED) is 0.210. The Labute approximate surface area is 196 Å². The Morgan fingerprint density at radius 2 is 1.97 bits per heavy atom. The molecule has 0 fully saturated rings. The summed E-state index contributed by atoms with van der Waals surface area (Å²) in [5, 5.41) is 4.01. The van der Waals surface area contributed by atoms with Crippen molar-refractivity contribution in [2.24, 2.45) is 5.10 Å². The van der Waals surface area contributed by atoms with Crippen LogP contribution in [-0.4, -0.2) is 18.7 Å². The van der Waals surface area contributed by atoms with Gasteiger partial charge in [0.1, 0.15) is 12.4 Å². The van der Waals surface area contributed by atoms with E-state index in [0.29, 0.717) is 30.5 Å². The zero-order chi connectivity index (χ0) is 21.5. The molecule has 3 aromatic rings. The summed E-state index contributed by atoms with van der Waals surface area (Å²) in [6.45, 7) is 4.62. The molecular formula is C22H20BrIN2O4. The van der Waals surface area contributed by atoms with E-state index in [9.17, 15) is 4.79 Å². The number of benzene rings is 2. The molecule has 1 aromatic heterocycles. The largest absolute Gasteiger partial charge is 0.490 e. The molecule has 0 saturated carbocycles. The van der Waals surface area contributed by atoms with E-state index in [1.807, 2.05) is 43.3 Å². The lowest BCUT2D eigenvalue weighted by Crippen LogP contribution is -2.16. The molecular weight excluding hydrogens is 563 g/mol. The van der Waals surface area contributed by atoms with Gasteiger partial charge in [-0.25, -0.2) is 5.43 Å². The van der Waals surface area contributed by atoms with E-state index in [0.717, 1.165) is 19.2 Å². The third kappa shape index (κ3) is 6.09. The molecule has 0 aliphatic heterocycles. The highest BCUT2D eigenvalue weighted by atomic mass is 127. The minimum atomic E-state index is -0.409. The van der Waals surface area contributed by atoms with Crippen molar-refractivity contribution in [2.45, 2.75) is 20.5 Å². The molecule has 8 heteroatoms. The number of rotatable bonds is 8. The van der Waals surface area contributed by atoms with Gasteiger partial charge in [0.15, 0.2) is 17.3 Å². The first-order valence-electron chi connectivity index (χ1n) is 9.19. The maximum Gasteiger partial charge on any atom is 0.307 e. The summed E-state index contributed by atoms with van der Waals surface area (Å²) in [6.07, 6.45) is 1.55. The smallest absolute Gasteiger partial charge is 0.307 e. The van der Waals surface area contributed by atoms with E-state index in [1.165, 1.54) is 0 Å². The number of hydrazone groups is 1. The molecule has 6 nitrogen and oxygen atoms in total. The number of carbonyl (C=O) groups excluding carboxylic acids is 1. The molecule has 0 aliphatic carbocycles. The second kappa shape index (κ2) is 10.6. The van der Waals surface area contributed by atoms with Gasteiger partial charge in [0.25, 0.3) is 0 Å². The van der Waals surface area contributed by atoms with Crippen LogP contribution in [0.15, 0.2) is 62.5 Å². The molecule has 0 spiro atoms. The number of nitrogens with zero attached hydrogens (tertiary/aromatic N) is 1. The van der Waals surface area contributed by atoms with Gasteiger partial charge in [-0.3, -0.25) is 4.79 Å². The van der Waals surface area contributed by atoms with E-state index in [-0.39, 0.29) is 5.76 Å². The van der Waals surface area contributed by atoms with E-state index in [1.54, 1.807) is 25.3 Å². The summed E-state index contributed by atoms with van der Waals surface area (Å²) in [7, 11) is 0. The molecule has 0 atom stereocenters. The summed E-state index contributed by atoms with van der Waals surface area (Å²) in [4.78, 5) is 12.0. The predicted octanol–water partition coefficient (Wildman–Crippen LogP) is 5.70. The number of carbonyl (C=O) groups is 1. The van der Waals surface area contributed by atoms with Crippen LogP contribution in [-0.2, 0) is 6.61 Å². The van der Waals surface area contributed by atoms with Crippen LogP contribution in [0.1, 0.15) is 34.4 Å². The van der Waals surface area contributed by atoms with Crippen molar-refractivity contribution in [1.82, 2.24) is 5.43 Å². The van der Waals surface area contributed by atoms with Crippen LogP contribution in [0.2, 0.25) is 0 Å². The first-order valence-corrected chi connectivity index (χ1v) is 11.1. The lowest BCUT2D eigenvalue weighted by Gasteiger charge is -2.14. The second-order valence-electron chi connectivity index (χ2n) is 6.29. The summed E-state index contributed by atoms with van der Waals surface area (Å²) >= 11 is 5.63. The fourth-order valence-electron chi connectivity index (χ4n) is 2.58. The molecule has 0 aliphatic rings. The van der Waals surface area contributed by atoms with Crippen molar-refractivity contribution in [3.05, 3.63) is 79.2 Å². The Morgan fingerprint density at radius 1 is 1.20 bits per heavy atom. The maximum atomic E-state index is 12.0. The van der Waals surface area contributed by atoms with Crippen molar-refractivity contribution < 1.29 is 18.7 Å². The molecule has 30 heavy (non-hydrogen) atoms. The minimum absolute atomic E-state index is 0.214. The monoisotopic (exact) mass is 582 g/mol. The molecule has 0 saturated heterocycles. The van der Waals surface area contributed by atoms with Gasteiger partial charge in [0.05, 0.1) is 16.4 Å². The van der Waals surface area contributed by atoms with Gasteiger partial charge in [-0.15, -0.1) is 0 Å². The summed E-state index contributed by atoms with van der Waals surface area (Å²) in [5.41, 5.74) is 4.28. The van der Waals surface area contributed by atoms with Gasteiger partial charge < -0.3 is 13.9 Å². The van der Waals surface area contributed by atoms with Crippen molar-refractivity contribution >= 4 is 50.6 Å². The summed E-state index contributed by atoms with van der Waals surface area (Å²) in [6, 6.07) is 15.0. The van der Waals surface area contributed by atoms with E-state index in [4.69, 9.17) is 13.9 Å². The number of amides is 1. The van der Waals surface area contributed by atoms with Crippen molar-refractivity contribution in [3.63, 3.8) is 0 Å². The maximum absolute atomic E-state index is 12.0.